The molecule has 0 unspecified atom stereocenters. The van der Waals surface area contributed by atoms with E-state index in [1.807, 2.05) is 6.92 Å². The van der Waals surface area contributed by atoms with Gasteiger partial charge in [-0.05, 0) is 25.1 Å². The summed E-state index contributed by atoms with van der Waals surface area (Å²) in [7, 11) is 1.76. The number of nitrogen functional groups attached to an aromatic ring is 1. The maximum Gasteiger partial charge on any atom is 0.207 e. The molecule has 0 aliphatic carbocycles. The van der Waals surface area contributed by atoms with Crippen LogP contribution < -0.4 is 5.73 Å². The fourth-order valence-corrected chi connectivity index (χ4v) is 2.35. The molecule has 5 nitrogen and oxygen atoms in total. The lowest BCUT2D eigenvalue weighted by atomic mass is 10.3. The quantitative estimate of drug-likeness (QED) is 0.744. The van der Waals surface area contributed by atoms with Crippen molar-refractivity contribution < 1.29 is 4.39 Å². The maximum absolute atomic E-state index is 14.0. The van der Waals surface area contributed by atoms with Gasteiger partial charge in [0.05, 0.1) is 11.4 Å². The minimum absolute atomic E-state index is 0.215. The number of benzene rings is 1. The van der Waals surface area contributed by atoms with Crippen molar-refractivity contribution in [2.24, 2.45) is 7.05 Å². The molecule has 1 aromatic carbocycles. The molecule has 98 valence electrons. The minimum Gasteiger partial charge on any atom is -0.369 e. The highest BCUT2D eigenvalue weighted by Crippen LogP contribution is 2.27. The van der Waals surface area contributed by atoms with E-state index in [1.165, 1.54) is 10.6 Å². The predicted molar refractivity (Wildman–Crippen MR) is 72.0 cm³/mol. The minimum atomic E-state index is -0.461. The smallest absolute Gasteiger partial charge is 0.207 e. The van der Waals surface area contributed by atoms with Gasteiger partial charge in [0.2, 0.25) is 5.95 Å². The molecule has 2 aromatic heterocycles. The van der Waals surface area contributed by atoms with Gasteiger partial charge in [-0.1, -0.05) is 11.6 Å². The highest BCUT2D eigenvalue weighted by Gasteiger charge is 2.19. The van der Waals surface area contributed by atoms with Crippen LogP contribution in [0.2, 0.25) is 5.02 Å². The van der Waals surface area contributed by atoms with Crippen molar-refractivity contribution in [1.82, 2.24) is 19.3 Å². The number of anilines is 1. The van der Waals surface area contributed by atoms with E-state index in [2.05, 4.69) is 10.1 Å². The van der Waals surface area contributed by atoms with Crippen LogP contribution in [0.5, 0.6) is 0 Å². The molecule has 0 saturated carbocycles. The van der Waals surface area contributed by atoms with Crippen LogP contribution in [0.15, 0.2) is 18.2 Å². The highest BCUT2D eigenvalue weighted by atomic mass is 35.5. The summed E-state index contributed by atoms with van der Waals surface area (Å²) in [5.74, 6) is -0.246. The summed E-state index contributed by atoms with van der Waals surface area (Å²) in [6.45, 7) is 1.83. The van der Waals surface area contributed by atoms with Crippen LogP contribution in [-0.2, 0) is 7.05 Å². The van der Waals surface area contributed by atoms with Gasteiger partial charge in [0, 0.05) is 12.1 Å². The Morgan fingerprint density at radius 2 is 2.11 bits per heavy atom. The third-order valence-corrected chi connectivity index (χ3v) is 3.21. The molecular formula is C12H11ClFN5. The summed E-state index contributed by atoms with van der Waals surface area (Å²) in [6.07, 6.45) is 0. The summed E-state index contributed by atoms with van der Waals surface area (Å²) in [6, 6.07) is 4.41. The number of hydrogen-bond acceptors (Lipinski definition) is 3. The molecule has 0 atom stereocenters. The van der Waals surface area contributed by atoms with Crippen molar-refractivity contribution in [3.63, 3.8) is 0 Å². The third kappa shape index (κ3) is 1.67. The molecule has 0 bridgehead atoms. The van der Waals surface area contributed by atoms with Gasteiger partial charge in [-0.3, -0.25) is 4.57 Å². The average molecular weight is 280 g/mol. The molecule has 2 heterocycles. The van der Waals surface area contributed by atoms with Gasteiger partial charge in [0.1, 0.15) is 11.3 Å². The van der Waals surface area contributed by atoms with E-state index in [9.17, 15) is 4.39 Å². The number of fused-ring (bicyclic) bond motifs is 1. The number of hydrogen-bond donors (Lipinski definition) is 1. The van der Waals surface area contributed by atoms with Crippen LogP contribution in [-0.4, -0.2) is 19.3 Å². The Labute approximate surface area is 113 Å². The van der Waals surface area contributed by atoms with E-state index < -0.39 is 5.82 Å². The monoisotopic (exact) mass is 279 g/mol. The molecule has 0 aliphatic heterocycles. The van der Waals surface area contributed by atoms with Crippen LogP contribution in [0, 0.1) is 12.7 Å². The predicted octanol–water partition coefficient (Wildman–Crippen LogP) is 2.44. The van der Waals surface area contributed by atoms with Crippen LogP contribution in [0.1, 0.15) is 5.69 Å². The second kappa shape index (κ2) is 3.96. The molecule has 0 amide bonds. The second-order valence-corrected chi connectivity index (χ2v) is 4.72. The van der Waals surface area contributed by atoms with Gasteiger partial charge >= 0.3 is 0 Å². The van der Waals surface area contributed by atoms with Gasteiger partial charge < -0.3 is 5.73 Å². The molecule has 7 heteroatoms. The van der Waals surface area contributed by atoms with E-state index in [-0.39, 0.29) is 5.95 Å². The number of rotatable bonds is 1. The first kappa shape index (κ1) is 12.0. The Kier molecular flexibility index (Phi) is 2.50. The number of nitrogens with zero attached hydrogens (tertiary/aromatic N) is 4. The first-order valence-electron chi connectivity index (χ1n) is 5.62. The Balaban J connectivity index is 2.38. The molecule has 3 rings (SSSR count). The van der Waals surface area contributed by atoms with Crippen molar-refractivity contribution >= 4 is 28.7 Å². The zero-order valence-corrected chi connectivity index (χ0v) is 11.1. The van der Waals surface area contributed by atoms with Crippen LogP contribution in [0.4, 0.5) is 10.3 Å². The summed E-state index contributed by atoms with van der Waals surface area (Å²) >= 11 is 5.76. The van der Waals surface area contributed by atoms with Crippen LogP contribution in [0.3, 0.4) is 0 Å². The van der Waals surface area contributed by atoms with Crippen molar-refractivity contribution in [1.29, 1.82) is 0 Å². The number of nitrogens with two attached hydrogens (primary N) is 1. The zero-order chi connectivity index (χ0) is 13.7. The molecular weight excluding hydrogens is 269 g/mol. The van der Waals surface area contributed by atoms with Crippen molar-refractivity contribution in [3.8, 4) is 5.69 Å². The van der Waals surface area contributed by atoms with Crippen LogP contribution in [0.25, 0.3) is 16.9 Å². The standard InChI is InChI=1S/C12H11ClFN5/c1-6-10-11(18(2)17-6)19(12(15)16-10)9-4-3-7(13)5-8(9)14/h3-5H,1-2H3,(H2,15,16). The lowest BCUT2D eigenvalue weighted by molar-refractivity contribution is 0.618. The Morgan fingerprint density at radius 3 is 2.79 bits per heavy atom. The fourth-order valence-electron chi connectivity index (χ4n) is 2.19. The molecule has 0 saturated heterocycles. The summed E-state index contributed by atoms with van der Waals surface area (Å²) in [5, 5.41) is 4.58. The van der Waals surface area contributed by atoms with E-state index in [1.54, 1.807) is 23.9 Å². The van der Waals surface area contributed by atoms with Gasteiger partial charge in [-0.2, -0.15) is 5.10 Å². The lowest BCUT2D eigenvalue weighted by Crippen LogP contribution is -2.06. The first-order valence-corrected chi connectivity index (χ1v) is 6.00. The van der Waals surface area contributed by atoms with E-state index in [4.69, 9.17) is 17.3 Å². The molecule has 2 N–H and O–H groups in total. The fraction of sp³-hybridized carbons (Fsp3) is 0.167. The Hall–Kier alpha value is -2.08. The van der Waals surface area contributed by atoms with E-state index >= 15 is 0 Å². The topological polar surface area (TPSA) is 61.7 Å². The number of imidazole rings is 1. The number of aryl methyl sites for hydroxylation is 2. The van der Waals surface area contributed by atoms with Gasteiger partial charge in [-0.25, -0.2) is 14.1 Å². The molecule has 0 radical (unpaired) electrons. The summed E-state index contributed by atoms with van der Waals surface area (Å²) in [5.41, 5.74) is 8.24. The van der Waals surface area contributed by atoms with Crippen LogP contribution >= 0.6 is 11.6 Å². The molecule has 0 aliphatic rings. The molecule has 19 heavy (non-hydrogen) atoms. The zero-order valence-electron chi connectivity index (χ0n) is 10.4. The average Bonchev–Trinajstić information content (AvgIpc) is 2.79. The van der Waals surface area contributed by atoms with Gasteiger partial charge in [0.25, 0.3) is 0 Å². The van der Waals surface area contributed by atoms with E-state index in [0.29, 0.717) is 21.9 Å². The van der Waals surface area contributed by atoms with Crippen molar-refractivity contribution in [2.75, 3.05) is 5.73 Å². The summed E-state index contributed by atoms with van der Waals surface area (Å²) < 4.78 is 17.2. The van der Waals surface area contributed by atoms with Gasteiger partial charge in [-0.15, -0.1) is 0 Å². The second-order valence-electron chi connectivity index (χ2n) is 4.28. The van der Waals surface area contributed by atoms with Gasteiger partial charge in [0.15, 0.2) is 5.65 Å². The number of aromatic nitrogens is 4. The largest absolute Gasteiger partial charge is 0.369 e. The Morgan fingerprint density at radius 1 is 1.37 bits per heavy atom. The molecule has 0 spiro atoms. The Bertz CT molecular complexity index is 789. The van der Waals surface area contributed by atoms with Crippen molar-refractivity contribution in [3.05, 3.63) is 34.7 Å². The van der Waals surface area contributed by atoms with Crippen molar-refractivity contribution in [2.45, 2.75) is 6.92 Å². The van der Waals surface area contributed by atoms with E-state index in [0.717, 1.165) is 5.69 Å². The summed E-state index contributed by atoms with van der Waals surface area (Å²) in [4.78, 5) is 4.23. The molecule has 0 fully saturated rings. The third-order valence-electron chi connectivity index (χ3n) is 2.98. The highest BCUT2D eigenvalue weighted by molar-refractivity contribution is 6.30. The molecule has 3 aromatic rings. The first-order chi connectivity index (χ1) is 8.99. The maximum atomic E-state index is 14.0. The SMILES string of the molecule is Cc1nn(C)c2c1nc(N)n2-c1ccc(Cl)cc1F. The normalized spacial score (nSPS) is 11.4. The number of halogens is 2. The lowest BCUT2D eigenvalue weighted by Gasteiger charge is -2.08.